The smallest absolute Gasteiger partial charge is 0.282 e. The zero-order chi connectivity index (χ0) is 19.7. The molecule has 1 aliphatic rings. The second-order valence-corrected chi connectivity index (χ2v) is 7.29. The number of rotatable bonds is 3. The van der Waals surface area contributed by atoms with Gasteiger partial charge in [-0.2, -0.15) is 5.10 Å². The molecule has 7 heteroatoms. The molecule has 0 saturated heterocycles. The van der Waals surface area contributed by atoms with Crippen LogP contribution in [0.3, 0.4) is 0 Å². The molecular weight excluding hydrogens is 382 g/mol. The molecule has 4 nitrogen and oxygen atoms in total. The highest BCUT2D eigenvalue weighted by atomic mass is 35.5. The highest BCUT2D eigenvalue weighted by Gasteiger charge is 2.20. The number of benzene rings is 2. The van der Waals surface area contributed by atoms with Crippen molar-refractivity contribution in [1.82, 2.24) is 15.1 Å². The molecule has 4 rings (SSSR count). The van der Waals surface area contributed by atoms with Gasteiger partial charge in [-0.1, -0.05) is 23.7 Å². The van der Waals surface area contributed by atoms with Gasteiger partial charge in [0.1, 0.15) is 5.69 Å². The Hall–Kier alpha value is -2.57. The first-order valence-electron chi connectivity index (χ1n) is 8.98. The lowest BCUT2D eigenvalue weighted by Gasteiger charge is -2.25. The molecule has 28 heavy (non-hydrogen) atoms. The SMILES string of the molecule is CN1CCN(c2cccc(Cl)c2)c2ccc(-c3ccc(C(F)F)nn3)cc2C1. The van der Waals surface area contributed by atoms with Gasteiger partial charge >= 0.3 is 0 Å². The summed E-state index contributed by atoms with van der Waals surface area (Å²) in [5, 5.41) is 8.31. The standard InChI is InChI=1S/C21H19ClF2N4/c1-27-9-10-28(17-4-2-3-16(22)12-17)20-8-5-14(11-15(20)13-27)18-6-7-19(21(23)24)26-25-18/h2-8,11-12,21H,9-10,13H2,1H3. The predicted molar refractivity (Wildman–Crippen MR) is 107 cm³/mol. The van der Waals surface area contributed by atoms with Crippen molar-refractivity contribution in [2.75, 3.05) is 25.0 Å². The van der Waals surface area contributed by atoms with Crippen LogP contribution in [0.25, 0.3) is 11.3 Å². The maximum Gasteiger partial charge on any atom is 0.282 e. The summed E-state index contributed by atoms with van der Waals surface area (Å²) < 4.78 is 25.4. The molecule has 0 amide bonds. The van der Waals surface area contributed by atoms with E-state index in [-0.39, 0.29) is 5.69 Å². The molecule has 0 unspecified atom stereocenters. The molecule has 3 aromatic rings. The third-order valence-corrected chi connectivity index (χ3v) is 5.08. The predicted octanol–water partition coefficient (Wildman–Crippen LogP) is 5.32. The molecule has 144 valence electrons. The Morgan fingerprint density at radius 2 is 1.86 bits per heavy atom. The zero-order valence-corrected chi connectivity index (χ0v) is 16.1. The van der Waals surface area contributed by atoms with Gasteiger partial charge in [-0.15, -0.1) is 5.10 Å². The Bertz CT molecular complexity index is 978. The fourth-order valence-electron chi connectivity index (χ4n) is 3.42. The van der Waals surface area contributed by atoms with E-state index in [9.17, 15) is 8.78 Å². The third kappa shape index (κ3) is 3.84. The van der Waals surface area contributed by atoms with Crippen LogP contribution in [-0.2, 0) is 6.54 Å². The number of anilines is 2. The monoisotopic (exact) mass is 400 g/mol. The van der Waals surface area contributed by atoms with Gasteiger partial charge in [0.2, 0.25) is 0 Å². The number of alkyl halides is 2. The van der Waals surface area contributed by atoms with Crippen molar-refractivity contribution in [2.24, 2.45) is 0 Å². The molecule has 1 aliphatic heterocycles. The van der Waals surface area contributed by atoms with Crippen molar-refractivity contribution in [3.8, 4) is 11.3 Å². The van der Waals surface area contributed by atoms with Crippen LogP contribution in [0.15, 0.2) is 54.6 Å². The Morgan fingerprint density at radius 1 is 1.00 bits per heavy atom. The molecule has 0 spiro atoms. The molecule has 0 radical (unpaired) electrons. The minimum atomic E-state index is -2.62. The van der Waals surface area contributed by atoms with Crippen molar-refractivity contribution in [3.63, 3.8) is 0 Å². The van der Waals surface area contributed by atoms with E-state index in [0.717, 1.165) is 42.1 Å². The van der Waals surface area contributed by atoms with E-state index >= 15 is 0 Å². The largest absolute Gasteiger partial charge is 0.340 e. The Kier molecular flexibility index (Phi) is 5.24. The van der Waals surface area contributed by atoms with Crippen LogP contribution in [0.2, 0.25) is 5.02 Å². The van der Waals surface area contributed by atoms with Gasteiger partial charge in [-0.05, 0) is 55.1 Å². The fourth-order valence-corrected chi connectivity index (χ4v) is 3.61. The summed E-state index contributed by atoms with van der Waals surface area (Å²) in [6, 6.07) is 16.8. The number of aromatic nitrogens is 2. The summed E-state index contributed by atoms with van der Waals surface area (Å²) in [6.07, 6.45) is -2.62. The summed E-state index contributed by atoms with van der Waals surface area (Å²) in [7, 11) is 2.08. The van der Waals surface area contributed by atoms with E-state index in [1.54, 1.807) is 6.07 Å². The average Bonchev–Trinajstić information content (AvgIpc) is 2.85. The van der Waals surface area contributed by atoms with Gasteiger partial charge in [-0.25, -0.2) is 8.78 Å². The lowest BCUT2D eigenvalue weighted by Crippen LogP contribution is -2.26. The van der Waals surface area contributed by atoms with E-state index in [2.05, 4.69) is 33.1 Å². The maximum atomic E-state index is 12.7. The molecule has 0 N–H and O–H groups in total. The van der Waals surface area contributed by atoms with E-state index < -0.39 is 6.43 Å². The van der Waals surface area contributed by atoms with Crippen LogP contribution in [0.4, 0.5) is 20.2 Å². The van der Waals surface area contributed by atoms with Gasteiger partial charge < -0.3 is 9.80 Å². The normalized spacial score (nSPS) is 14.8. The Balaban J connectivity index is 1.73. The van der Waals surface area contributed by atoms with Gasteiger partial charge in [0, 0.05) is 41.6 Å². The molecule has 0 bridgehead atoms. The lowest BCUT2D eigenvalue weighted by molar-refractivity contribution is 0.145. The van der Waals surface area contributed by atoms with E-state index in [4.69, 9.17) is 11.6 Å². The van der Waals surface area contributed by atoms with Crippen molar-refractivity contribution in [2.45, 2.75) is 13.0 Å². The van der Waals surface area contributed by atoms with Crippen molar-refractivity contribution in [1.29, 1.82) is 0 Å². The van der Waals surface area contributed by atoms with Crippen molar-refractivity contribution in [3.05, 3.63) is 70.9 Å². The first kappa shape index (κ1) is 18.8. The summed E-state index contributed by atoms with van der Waals surface area (Å²) in [5.74, 6) is 0. The topological polar surface area (TPSA) is 32.3 Å². The summed E-state index contributed by atoms with van der Waals surface area (Å²) in [6.45, 7) is 2.52. The van der Waals surface area contributed by atoms with E-state index in [1.165, 1.54) is 6.07 Å². The minimum absolute atomic E-state index is 0.314. The molecule has 2 aromatic carbocycles. The van der Waals surface area contributed by atoms with Crippen molar-refractivity contribution >= 4 is 23.0 Å². The number of likely N-dealkylation sites (N-methyl/N-ethyl adjacent to an activating group) is 1. The second kappa shape index (κ2) is 7.81. The van der Waals surface area contributed by atoms with E-state index in [1.807, 2.05) is 36.4 Å². The van der Waals surface area contributed by atoms with Gasteiger partial charge in [0.25, 0.3) is 6.43 Å². The fraction of sp³-hybridized carbons (Fsp3) is 0.238. The van der Waals surface area contributed by atoms with E-state index in [0.29, 0.717) is 10.7 Å². The van der Waals surface area contributed by atoms with Crippen LogP contribution < -0.4 is 4.90 Å². The molecular formula is C21H19ClF2N4. The van der Waals surface area contributed by atoms with Gasteiger partial charge in [-0.3, -0.25) is 0 Å². The maximum absolute atomic E-state index is 12.7. The van der Waals surface area contributed by atoms with Crippen LogP contribution in [-0.4, -0.2) is 35.2 Å². The number of hydrogen-bond donors (Lipinski definition) is 0. The number of fused-ring (bicyclic) bond motifs is 1. The van der Waals surface area contributed by atoms with Crippen molar-refractivity contribution < 1.29 is 8.78 Å². The summed E-state index contributed by atoms with van der Waals surface area (Å²) >= 11 is 6.20. The average molecular weight is 401 g/mol. The molecule has 0 aliphatic carbocycles. The van der Waals surface area contributed by atoms with Gasteiger partial charge in [0.05, 0.1) is 5.69 Å². The minimum Gasteiger partial charge on any atom is -0.340 e. The van der Waals surface area contributed by atoms with Crippen LogP contribution in [0.1, 0.15) is 17.7 Å². The quantitative estimate of drug-likeness (QED) is 0.595. The number of hydrogen-bond acceptors (Lipinski definition) is 4. The molecule has 0 saturated carbocycles. The Labute approximate surface area is 167 Å². The highest BCUT2D eigenvalue weighted by molar-refractivity contribution is 6.30. The third-order valence-electron chi connectivity index (χ3n) is 4.84. The lowest BCUT2D eigenvalue weighted by atomic mass is 10.0. The molecule has 0 atom stereocenters. The summed E-state index contributed by atoms with van der Waals surface area (Å²) in [4.78, 5) is 4.50. The number of nitrogens with zero attached hydrogens (tertiary/aromatic N) is 4. The van der Waals surface area contributed by atoms with Crippen LogP contribution in [0, 0.1) is 0 Å². The van der Waals surface area contributed by atoms with Gasteiger partial charge in [0.15, 0.2) is 0 Å². The second-order valence-electron chi connectivity index (χ2n) is 6.86. The molecule has 1 aromatic heterocycles. The highest BCUT2D eigenvalue weighted by Crippen LogP contribution is 2.35. The first-order valence-corrected chi connectivity index (χ1v) is 9.36. The zero-order valence-electron chi connectivity index (χ0n) is 15.3. The Morgan fingerprint density at radius 3 is 2.57 bits per heavy atom. The molecule has 0 fully saturated rings. The summed E-state index contributed by atoms with van der Waals surface area (Å²) in [5.41, 5.74) is 4.40. The van der Waals surface area contributed by atoms with Crippen LogP contribution >= 0.6 is 11.6 Å². The first-order chi connectivity index (χ1) is 13.5. The number of halogens is 3. The molecule has 2 heterocycles. The van der Waals surface area contributed by atoms with Crippen LogP contribution in [0.5, 0.6) is 0 Å².